The van der Waals surface area contributed by atoms with Crippen molar-refractivity contribution in [2.45, 2.75) is 39.2 Å². The maximum absolute atomic E-state index is 12.2. The van der Waals surface area contributed by atoms with Gasteiger partial charge >= 0.3 is 0 Å². The summed E-state index contributed by atoms with van der Waals surface area (Å²) in [5.41, 5.74) is 1.96. The Kier molecular flexibility index (Phi) is 5.35. The van der Waals surface area contributed by atoms with E-state index >= 15 is 0 Å². The average Bonchev–Trinajstić information content (AvgIpc) is 3.51. The molecule has 4 aromatic rings. The number of carbonyl (C=O) groups is 1. The first-order valence-electron chi connectivity index (χ1n) is 10.7. The lowest BCUT2D eigenvalue weighted by Crippen LogP contribution is -2.35. The van der Waals surface area contributed by atoms with E-state index in [0.717, 1.165) is 35.9 Å². The van der Waals surface area contributed by atoms with Gasteiger partial charge in [0.25, 0.3) is 0 Å². The van der Waals surface area contributed by atoms with Gasteiger partial charge in [0.05, 0.1) is 11.1 Å². The normalized spacial score (nSPS) is 20.3. The average molecular weight is 511 g/mol. The number of nitrogens with zero attached hydrogens (tertiary/aromatic N) is 6. The van der Waals surface area contributed by atoms with Gasteiger partial charge in [-0.05, 0) is 59.5 Å². The number of rotatable bonds is 5. The first-order valence-corrected chi connectivity index (χ1v) is 11.5. The van der Waals surface area contributed by atoms with Gasteiger partial charge in [-0.15, -0.1) is 10.2 Å². The minimum absolute atomic E-state index is 0.0734. The molecule has 33 heavy (non-hydrogen) atoms. The molecule has 0 bridgehead atoms. The maximum atomic E-state index is 12.2. The Balaban J connectivity index is 1.42. The van der Waals surface area contributed by atoms with Gasteiger partial charge in [-0.3, -0.25) is 4.79 Å². The third kappa shape index (κ3) is 3.97. The molecule has 1 fully saturated rings. The summed E-state index contributed by atoms with van der Waals surface area (Å²) in [4.78, 5) is 21.4. The summed E-state index contributed by atoms with van der Waals surface area (Å²) in [6.07, 6.45) is 4.18. The van der Waals surface area contributed by atoms with Crippen LogP contribution in [0.25, 0.3) is 28.2 Å². The molecule has 0 unspecified atom stereocenters. The summed E-state index contributed by atoms with van der Waals surface area (Å²) in [6, 6.07) is 7.79. The number of benzene rings is 1. The van der Waals surface area contributed by atoms with E-state index in [9.17, 15) is 4.79 Å². The summed E-state index contributed by atoms with van der Waals surface area (Å²) in [5.74, 6) is 1.58. The van der Waals surface area contributed by atoms with Gasteiger partial charge < -0.3 is 15.1 Å². The van der Waals surface area contributed by atoms with E-state index in [2.05, 4.69) is 46.8 Å². The number of fused-ring (bicyclic) bond motifs is 1. The monoisotopic (exact) mass is 510 g/mol. The van der Waals surface area contributed by atoms with Crippen LogP contribution >= 0.6 is 15.9 Å². The molecule has 1 saturated carbocycles. The van der Waals surface area contributed by atoms with E-state index in [4.69, 9.17) is 9.40 Å². The smallest absolute Gasteiger partial charge is 0.247 e. The summed E-state index contributed by atoms with van der Waals surface area (Å²) in [5, 5.41) is 19.5. The molecule has 1 amide bonds. The Morgan fingerprint density at radius 1 is 1.27 bits per heavy atom. The lowest BCUT2D eigenvalue weighted by Gasteiger charge is -2.22. The van der Waals surface area contributed by atoms with Crippen LogP contribution in [-0.4, -0.2) is 48.9 Å². The van der Waals surface area contributed by atoms with Crippen LogP contribution in [0.5, 0.6) is 0 Å². The molecule has 11 heteroatoms. The van der Waals surface area contributed by atoms with Gasteiger partial charge in [0.1, 0.15) is 4.60 Å². The number of aryl methyl sites for hydroxylation is 1. The highest BCUT2D eigenvalue weighted by atomic mass is 79.9. The number of nitrogens with one attached hydrogen (secondary N) is 2. The topological polar surface area (TPSA) is 124 Å². The fourth-order valence-electron chi connectivity index (χ4n) is 4.33. The van der Waals surface area contributed by atoms with Crippen LogP contribution in [0.4, 0.5) is 5.95 Å². The molecule has 0 radical (unpaired) electrons. The van der Waals surface area contributed by atoms with Crippen molar-refractivity contribution >= 4 is 38.8 Å². The minimum Gasteiger partial charge on any atom is -0.421 e. The van der Waals surface area contributed by atoms with Crippen molar-refractivity contribution in [3.8, 4) is 17.1 Å². The van der Waals surface area contributed by atoms with E-state index < -0.39 is 0 Å². The number of anilines is 1. The number of aromatic nitrogens is 6. The Morgan fingerprint density at radius 3 is 2.76 bits per heavy atom. The van der Waals surface area contributed by atoms with E-state index in [1.807, 2.05) is 31.2 Å². The highest BCUT2D eigenvalue weighted by molar-refractivity contribution is 9.10. The molecule has 5 rings (SSSR count). The fraction of sp³-hybridized carbons (Fsp3) is 0.364. The van der Waals surface area contributed by atoms with Crippen LogP contribution < -0.4 is 10.6 Å². The highest BCUT2D eigenvalue weighted by Gasteiger charge is 2.40. The standard InChI is InChI=1S/C22H23BrN8O2/c1-12-28-29-19(33-12)13-4-6-15(7-5-13)31-18-16(17(23)30-31)11-25-21(27-18)26-14-8-9-22(2,10-14)20(32)24-3/h4-7,11,14H,8-10H2,1-3H3,(H,24,32)(H,25,26,27)/t14-,22-/m1/s1. The Hall–Kier alpha value is -3.34. The zero-order valence-corrected chi connectivity index (χ0v) is 20.0. The van der Waals surface area contributed by atoms with Crippen LogP contribution in [-0.2, 0) is 4.79 Å². The molecule has 170 valence electrons. The predicted molar refractivity (Wildman–Crippen MR) is 126 cm³/mol. The lowest BCUT2D eigenvalue weighted by molar-refractivity contribution is -0.129. The molecule has 1 aromatic carbocycles. The van der Waals surface area contributed by atoms with Gasteiger partial charge in [-0.2, -0.15) is 10.1 Å². The van der Waals surface area contributed by atoms with Gasteiger partial charge in [0.2, 0.25) is 23.6 Å². The van der Waals surface area contributed by atoms with Crippen LogP contribution in [0.3, 0.4) is 0 Å². The summed E-state index contributed by atoms with van der Waals surface area (Å²) in [6.45, 7) is 3.76. The molecule has 0 saturated heterocycles. The Bertz CT molecular complexity index is 1330. The zero-order chi connectivity index (χ0) is 23.2. The maximum Gasteiger partial charge on any atom is 0.247 e. The van der Waals surface area contributed by atoms with Gasteiger partial charge in [-0.25, -0.2) is 9.67 Å². The van der Waals surface area contributed by atoms with Crippen molar-refractivity contribution in [2.75, 3.05) is 12.4 Å². The Morgan fingerprint density at radius 2 is 2.06 bits per heavy atom. The van der Waals surface area contributed by atoms with Crippen LogP contribution in [0.1, 0.15) is 32.1 Å². The molecular weight excluding hydrogens is 488 g/mol. The SMILES string of the molecule is CNC(=O)[C@]1(C)CC[C@@H](Nc2ncc3c(Br)nn(-c4ccc(-c5nnc(C)o5)cc4)c3n2)C1. The van der Waals surface area contributed by atoms with E-state index in [-0.39, 0.29) is 17.4 Å². The van der Waals surface area contributed by atoms with Crippen molar-refractivity contribution in [2.24, 2.45) is 5.41 Å². The van der Waals surface area contributed by atoms with E-state index in [0.29, 0.717) is 28.0 Å². The molecule has 2 N–H and O–H groups in total. The number of carbonyl (C=O) groups excluding carboxylic acids is 1. The van der Waals surface area contributed by atoms with Crippen molar-refractivity contribution in [1.29, 1.82) is 0 Å². The van der Waals surface area contributed by atoms with Crippen LogP contribution in [0, 0.1) is 12.3 Å². The first-order chi connectivity index (χ1) is 15.9. The van der Waals surface area contributed by atoms with Crippen LogP contribution in [0.2, 0.25) is 0 Å². The number of hydrogen-bond acceptors (Lipinski definition) is 8. The molecule has 0 spiro atoms. The largest absolute Gasteiger partial charge is 0.421 e. The Labute approximate surface area is 198 Å². The first kappa shape index (κ1) is 21.5. The summed E-state index contributed by atoms with van der Waals surface area (Å²) < 4.78 is 7.92. The molecule has 3 aromatic heterocycles. The van der Waals surface area contributed by atoms with E-state index in [1.165, 1.54) is 0 Å². The highest BCUT2D eigenvalue weighted by Crippen LogP contribution is 2.39. The second-order valence-electron chi connectivity index (χ2n) is 8.53. The van der Waals surface area contributed by atoms with Crippen molar-refractivity contribution < 1.29 is 9.21 Å². The van der Waals surface area contributed by atoms with Gasteiger partial charge in [0, 0.05) is 37.2 Å². The molecule has 2 atom stereocenters. The molecular formula is C22H23BrN8O2. The van der Waals surface area contributed by atoms with Crippen molar-refractivity contribution in [1.82, 2.24) is 35.3 Å². The molecule has 1 aliphatic carbocycles. The van der Waals surface area contributed by atoms with Crippen molar-refractivity contribution in [3.05, 3.63) is 41.0 Å². The van der Waals surface area contributed by atoms with Gasteiger partial charge in [0.15, 0.2) is 5.65 Å². The second-order valence-corrected chi connectivity index (χ2v) is 9.28. The number of halogens is 1. The molecule has 0 aliphatic heterocycles. The quantitative estimate of drug-likeness (QED) is 0.416. The fourth-order valence-corrected chi connectivity index (χ4v) is 4.77. The lowest BCUT2D eigenvalue weighted by atomic mass is 9.87. The van der Waals surface area contributed by atoms with E-state index in [1.54, 1.807) is 24.9 Å². The molecule has 1 aliphatic rings. The molecule has 3 heterocycles. The zero-order valence-electron chi connectivity index (χ0n) is 18.5. The minimum atomic E-state index is -0.375. The second kappa shape index (κ2) is 8.22. The summed E-state index contributed by atoms with van der Waals surface area (Å²) >= 11 is 3.51. The number of hydrogen-bond donors (Lipinski definition) is 2. The van der Waals surface area contributed by atoms with Crippen molar-refractivity contribution in [3.63, 3.8) is 0 Å². The van der Waals surface area contributed by atoms with Crippen LogP contribution in [0.15, 0.2) is 39.5 Å². The number of amides is 1. The van der Waals surface area contributed by atoms with Gasteiger partial charge in [-0.1, -0.05) is 6.92 Å². The third-order valence-corrected chi connectivity index (χ3v) is 6.70. The predicted octanol–water partition coefficient (Wildman–Crippen LogP) is 3.65. The molecule has 10 nitrogen and oxygen atoms in total. The summed E-state index contributed by atoms with van der Waals surface area (Å²) in [7, 11) is 1.68. The third-order valence-electron chi connectivity index (χ3n) is 6.11.